The highest BCUT2D eigenvalue weighted by Crippen LogP contribution is 2.46. The summed E-state index contributed by atoms with van der Waals surface area (Å²) >= 11 is 0. The van der Waals surface area contributed by atoms with E-state index in [1.807, 2.05) is 12.2 Å². The molecule has 1 aromatic heterocycles. The second-order valence-corrected chi connectivity index (χ2v) is 17.9. The number of hydrogen-bond acceptors (Lipinski definition) is 9. The molecular weight excluding hydrogens is 737 g/mol. The van der Waals surface area contributed by atoms with Gasteiger partial charge in [0.25, 0.3) is 5.91 Å². The van der Waals surface area contributed by atoms with Gasteiger partial charge >= 0.3 is 6.09 Å². The maximum Gasteiger partial charge on any atom is 0.408 e. The largest absolute Gasteiger partial charge is 0.472 e. The fraction of sp³-hybridized carbons (Fsp3) is 0.513. The van der Waals surface area contributed by atoms with Crippen molar-refractivity contribution in [2.24, 2.45) is 5.92 Å². The minimum Gasteiger partial charge on any atom is -0.472 e. The summed E-state index contributed by atoms with van der Waals surface area (Å²) in [6.45, 7) is 4.96. The first-order valence-electron chi connectivity index (χ1n) is 18.7. The quantitative estimate of drug-likeness (QED) is 0.232. The maximum atomic E-state index is 14.5. The molecule has 0 unspecified atom stereocenters. The van der Waals surface area contributed by atoms with Crippen molar-refractivity contribution in [2.45, 2.75) is 113 Å². The lowest BCUT2D eigenvalue weighted by Gasteiger charge is -2.30. The second kappa shape index (κ2) is 14.7. The minimum atomic E-state index is -3.93. The van der Waals surface area contributed by atoms with Gasteiger partial charge in [-0.1, -0.05) is 25.0 Å². The van der Waals surface area contributed by atoms with Crippen LogP contribution in [0, 0.1) is 17.6 Å². The number of rotatable bonds is 6. The van der Waals surface area contributed by atoms with Crippen LogP contribution in [0.25, 0.3) is 21.7 Å². The van der Waals surface area contributed by atoms with Crippen LogP contribution >= 0.6 is 0 Å². The summed E-state index contributed by atoms with van der Waals surface area (Å²) in [5.41, 5.74) is -2.08. The molecule has 4 amide bonds. The number of nitrogens with one attached hydrogen (secondary N) is 3. The topological polar surface area (TPSA) is 173 Å². The zero-order valence-corrected chi connectivity index (χ0v) is 31.7. The Bertz CT molecular complexity index is 2190. The number of halogens is 2. The Labute approximate surface area is 317 Å². The molecule has 5 atom stereocenters. The average Bonchev–Trinajstić information content (AvgIpc) is 4.03. The highest BCUT2D eigenvalue weighted by molar-refractivity contribution is 7.91. The molecule has 0 spiro atoms. The number of hydrogen-bond donors (Lipinski definition) is 3. The fourth-order valence-electron chi connectivity index (χ4n) is 7.46. The van der Waals surface area contributed by atoms with E-state index in [-0.39, 0.29) is 31.7 Å². The highest BCUT2D eigenvalue weighted by atomic mass is 32.2. The summed E-state index contributed by atoms with van der Waals surface area (Å²) in [4.78, 5) is 61.5. The summed E-state index contributed by atoms with van der Waals surface area (Å²) < 4.78 is 68.5. The molecule has 294 valence electrons. The summed E-state index contributed by atoms with van der Waals surface area (Å²) in [6.07, 6.45) is 6.02. The van der Waals surface area contributed by atoms with Gasteiger partial charge in [0.2, 0.25) is 27.7 Å². The molecule has 2 aliphatic heterocycles. The summed E-state index contributed by atoms with van der Waals surface area (Å²) in [5.74, 6) is -3.59. The molecule has 3 N–H and O–H groups in total. The molecule has 55 heavy (non-hydrogen) atoms. The van der Waals surface area contributed by atoms with Crippen LogP contribution in [0.5, 0.6) is 5.88 Å². The van der Waals surface area contributed by atoms with Gasteiger partial charge in [-0.05, 0) is 101 Å². The Balaban J connectivity index is 1.23. The molecule has 4 aliphatic rings. The van der Waals surface area contributed by atoms with Crippen LogP contribution in [-0.4, -0.2) is 83.2 Å². The Morgan fingerprint density at radius 3 is 2.44 bits per heavy atom. The Morgan fingerprint density at radius 1 is 0.982 bits per heavy atom. The fourth-order valence-corrected chi connectivity index (χ4v) is 8.83. The zero-order valence-electron chi connectivity index (χ0n) is 30.9. The molecule has 0 bridgehead atoms. The number of sulfonamides is 1. The smallest absolute Gasteiger partial charge is 0.408 e. The van der Waals surface area contributed by atoms with Crippen molar-refractivity contribution in [3.05, 3.63) is 60.2 Å². The van der Waals surface area contributed by atoms with E-state index in [2.05, 4.69) is 20.3 Å². The molecule has 0 radical (unpaired) electrons. The lowest BCUT2D eigenvalue weighted by Crippen LogP contribution is -2.58. The maximum absolute atomic E-state index is 14.5. The van der Waals surface area contributed by atoms with Crippen molar-refractivity contribution in [1.82, 2.24) is 25.2 Å². The predicted molar refractivity (Wildman–Crippen MR) is 198 cm³/mol. The van der Waals surface area contributed by atoms with Crippen molar-refractivity contribution in [3.63, 3.8) is 0 Å². The van der Waals surface area contributed by atoms with Gasteiger partial charge in [-0.15, -0.1) is 0 Å². The van der Waals surface area contributed by atoms with Gasteiger partial charge in [-0.25, -0.2) is 27.0 Å². The van der Waals surface area contributed by atoms with E-state index in [0.717, 1.165) is 12.8 Å². The molecule has 13 nitrogen and oxygen atoms in total. The second-order valence-electron chi connectivity index (χ2n) is 16.0. The lowest BCUT2D eigenvalue weighted by molar-refractivity contribution is -0.141. The van der Waals surface area contributed by atoms with Crippen LogP contribution in [0.15, 0.2) is 48.6 Å². The van der Waals surface area contributed by atoms with Crippen LogP contribution in [0.3, 0.4) is 0 Å². The molecular formula is C39H45F2N5O8S. The van der Waals surface area contributed by atoms with Gasteiger partial charge < -0.3 is 25.0 Å². The Kier molecular flexibility index (Phi) is 10.2. The SMILES string of the molecule is CC(C)(C)OC(=O)N[C@H]1CCCCC/C=C\[C@@H]2C[C@@]2(C(=O)NS(=O)(=O)C2CC2)NC(=O)[C@@H]2C[C@@H](Oc3nc4ccc(F)cc4c4cc(F)ccc34)CN2C1=O. The lowest BCUT2D eigenvalue weighted by atomic mass is 10.0. The molecule has 2 saturated carbocycles. The first-order valence-corrected chi connectivity index (χ1v) is 20.3. The van der Waals surface area contributed by atoms with Crippen molar-refractivity contribution in [2.75, 3.05) is 6.54 Å². The van der Waals surface area contributed by atoms with E-state index in [1.165, 1.54) is 41.3 Å². The third kappa shape index (κ3) is 8.38. The molecule has 2 aliphatic carbocycles. The molecule has 16 heteroatoms. The first-order chi connectivity index (χ1) is 26.0. The minimum absolute atomic E-state index is 0.0683. The molecule has 3 heterocycles. The van der Waals surface area contributed by atoms with Gasteiger partial charge in [0.1, 0.15) is 41.0 Å². The number of pyridine rings is 1. The third-order valence-electron chi connectivity index (χ3n) is 10.5. The van der Waals surface area contributed by atoms with Crippen LogP contribution < -0.4 is 20.1 Å². The number of nitrogens with zero attached hydrogens (tertiary/aromatic N) is 2. The summed E-state index contributed by atoms with van der Waals surface area (Å²) in [6, 6.07) is 5.57. The number of amides is 4. The molecule has 3 fully saturated rings. The number of carbonyl (C=O) groups excluding carboxylic acids is 4. The standard InChI is InChI=1S/C39H45F2N5O8S/c1-38(2,3)54-37(50)43-31-10-8-6-4-5-7-9-22-20-39(22,36(49)45-55(51,52)26-13-14-26)44-33(47)32-19-25(21-46(32)35(31)48)53-34-27-15-11-23(40)17-28(27)29-18-24(41)12-16-30(29)42-34/h7,9,11-12,15-18,22,25-26,31-32H,4-6,8,10,13-14,19-21H2,1-3H3,(H,43,50)(H,44,47)(H,45,49)/b9-7-/t22-,25-,31+,32+,39-/m1/s1. The van der Waals surface area contributed by atoms with Crippen LogP contribution in [-0.2, 0) is 29.1 Å². The summed E-state index contributed by atoms with van der Waals surface area (Å²) in [5, 5.41) is 5.96. The van der Waals surface area contributed by atoms with E-state index in [4.69, 9.17) is 9.47 Å². The molecule has 7 rings (SSSR count). The highest BCUT2D eigenvalue weighted by Gasteiger charge is 2.62. The molecule has 1 saturated heterocycles. The number of alkyl carbamates (subject to hydrolysis) is 1. The number of allylic oxidation sites excluding steroid dienone is 1. The van der Waals surface area contributed by atoms with Crippen molar-refractivity contribution >= 4 is 55.5 Å². The van der Waals surface area contributed by atoms with Gasteiger partial charge in [-0.2, -0.15) is 0 Å². The number of fused-ring (bicyclic) bond motifs is 5. The number of aromatic nitrogens is 1. The van der Waals surface area contributed by atoms with Crippen molar-refractivity contribution in [1.29, 1.82) is 0 Å². The van der Waals surface area contributed by atoms with E-state index in [0.29, 0.717) is 47.4 Å². The Hall–Kier alpha value is -4.86. The number of ether oxygens (including phenoxy) is 2. The van der Waals surface area contributed by atoms with Crippen molar-refractivity contribution < 1.29 is 45.9 Å². The van der Waals surface area contributed by atoms with E-state index in [1.54, 1.807) is 20.8 Å². The number of carbonyl (C=O) groups is 4. The van der Waals surface area contributed by atoms with Crippen molar-refractivity contribution in [3.8, 4) is 5.88 Å². The van der Waals surface area contributed by atoms with Gasteiger partial charge in [0.15, 0.2) is 0 Å². The van der Waals surface area contributed by atoms with Gasteiger partial charge in [-0.3, -0.25) is 19.1 Å². The normalized spacial score (nSPS) is 26.9. The van der Waals surface area contributed by atoms with Crippen LogP contribution in [0.4, 0.5) is 13.6 Å². The number of benzene rings is 2. The molecule has 2 aromatic carbocycles. The zero-order chi connectivity index (χ0) is 39.3. The van der Waals surface area contributed by atoms with E-state index < -0.39 is 86.0 Å². The van der Waals surface area contributed by atoms with E-state index in [9.17, 15) is 36.4 Å². The Morgan fingerprint density at radius 2 is 1.71 bits per heavy atom. The molecule has 3 aromatic rings. The van der Waals surface area contributed by atoms with Gasteiger partial charge in [0.05, 0.1) is 17.3 Å². The summed E-state index contributed by atoms with van der Waals surface area (Å²) in [7, 11) is -3.93. The van der Waals surface area contributed by atoms with Crippen LogP contribution in [0.2, 0.25) is 0 Å². The van der Waals surface area contributed by atoms with Crippen LogP contribution in [0.1, 0.15) is 78.6 Å². The van der Waals surface area contributed by atoms with Gasteiger partial charge in [0, 0.05) is 23.1 Å². The first kappa shape index (κ1) is 38.4. The third-order valence-corrected chi connectivity index (χ3v) is 12.3. The predicted octanol–water partition coefficient (Wildman–Crippen LogP) is 4.91. The van der Waals surface area contributed by atoms with E-state index >= 15 is 0 Å². The average molecular weight is 782 g/mol. The monoisotopic (exact) mass is 781 g/mol.